The lowest BCUT2D eigenvalue weighted by molar-refractivity contribution is 0.645. The van der Waals surface area contributed by atoms with Crippen molar-refractivity contribution in [3.63, 3.8) is 0 Å². The molecular formula is C38H30. The lowest BCUT2D eigenvalue weighted by Crippen LogP contribution is -2.23. The number of hydrogen-bond donors (Lipinski definition) is 0. The van der Waals surface area contributed by atoms with Crippen LogP contribution in [0.5, 0.6) is 0 Å². The van der Waals surface area contributed by atoms with Crippen LogP contribution in [0.2, 0.25) is 0 Å². The molecule has 0 bridgehead atoms. The van der Waals surface area contributed by atoms with Gasteiger partial charge in [-0.1, -0.05) is 131 Å². The minimum Gasteiger partial charge on any atom is -0.0619 e. The Morgan fingerprint density at radius 3 is 1.68 bits per heavy atom. The molecule has 6 aromatic carbocycles. The molecule has 38 heavy (non-hydrogen) atoms. The van der Waals surface area contributed by atoms with Gasteiger partial charge in [-0.3, -0.25) is 0 Å². The third-order valence-electron chi connectivity index (χ3n) is 9.46. The van der Waals surface area contributed by atoms with Crippen molar-refractivity contribution in [1.29, 1.82) is 0 Å². The molecule has 0 saturated heterocycles. The van der Waals surface area contributed by atoms with Crippen LogP contribution in [0, 0.1) is 0 Å². The van der Waals surface area contributed by atoms with Gasteiger partial charge >= 0.3 is 0 Å². The highest BCUT2D eigenvalue weighted by atomic mass is 14.4. The Hall–Kier alpha value is -4.16. The summed E-state index contributed by atoms with van der Waals surface area (Å²) in [7, 11) is 0. The summed E-state index contributed by atoms with van der Waals surface area (Å²) in [6, 6.07) is 41.1. The molecular weight excluding hydrogens is 456 g/mol. The molecule has 0 N–H and O–H groups in total. The quantitative estimate of drug-likeness (QED) is 0.203. The molecule has 0 unspecified atom stereocenters. The molecule has 0 aliphatic heterocycles. The first-order valence-corrected chi connectivity index (χ1v) is 13.7. The second-order valence-electron chi connectivity index (χ2n) is 12.1. The fourth-order valence-electron chi connectivity index (χ4n) is 7.59. The van der Waals surface area contributed by atoms with Crippen molar-refractivity contribution < 1.29 is 0 Å². The number of hydrogen-bond acceptors (Lipinski definition) is 0. The van der Waals surface area contributed by atoms with Crippen molar-refractivity contribution in [2.24, 2.45) is 0 Å². The van der Waals surface area contributed by atoms with Crippen LogP contribution in [-0.2, 0) is 10.8 Å². The van der Waals surface area contributed by atoms with Crippen LogP contribution in [0.25, 0.3) is 54.9 Å². The summed E-state index contributed by atoms with van der Waals surface area (Å²) < 4.78 is 0. The van der Waals surface area contributed by atoms with Gasteiger partial charge in [0.05, 0.1) is 0 Å². The van der Waals surface area contributed by atoms with Crippen molar-refractivity contribution in [2.45, 2.75) is 38.5 Å². The van der Waals surface area contributed by atoms with Gasteiger partial charge < -0.3 is 0 Å². The topological polar surface area (TPSA) is 0 Å². The molecule has 0 aromatic heterocycles. The fraction of sp³-hybridized carbons (Fsp3) is 0.158. The second kappa shape index (κ2) is 7.23. The van der Waals surface area contributed by atoms with Gasteiger partial charge in [-0.15, -0.1) is 0 Å². The molecule has 0 fully saturated rings. The lowest BCUT2D eigenvalue weighted by Gasteiger charge is -2.36. The Morgan fingerprint density at radius 1 is 0.395 bits per heavy atom. The van der Waals surface area contributed by atoms with E-state index in [1.165, 1.54) is 77.2 Å². The van der Waals surface area contributed by atoms with Crippen LogP contribution in [0.15, 0.2) is 109 Å². The fourth-order valence-corrected chi connectivity index (χ4v) is 7.59. The summed E-state index contributed by atoms with van der Waals surface area (Å²) >= 11 is 0. The molecule has 2 aliphatic rings. The maximum Gasteiger partial charge on any atom is 0.0159 e. The van der Waals surface area contributed by atoms with Gasteiger partial charge in [-0.25, -0.2) is 0 Å². The van der Waals surface area contributed by atoms with Crippen LogP contribution >= 0.6 is 0 Å². The first kappa shape index (κ1) is 21.9. The van der Waals surface area contributed by atoms with Gasteiger partial charge in [0.25, 0.3) is 0 Å². The van der Waals surface area contributed by atoms with Crippen molar-refractivity contribution in [2.75, 3.05) is 0 Å². The number of rotatable bonds is 1. The van der Waals surface area contributed by atoms with Gasteiger partial charge in [-0.05, 0) is 83.2 Å². The highest BCUT2D eigenvalue weighted by Gasteiger charge is 2.37. The van der Waals surface area contributed by atoms with E-state index in [0.717, 1.165) is 0 Å². The van der Waals surface area contributed by atoms with Gasteiger partial charge in [0, 0.05) is 10.8 Å². The molecule has 0 heteroatoms. The average Bonchev–Trinajstić information content (AvgIpc) is 3.17. The summed E-state index contributed by atoms with van der Waals surface area (Å²) in [6.07, 6.45) is 0. The molecule has 6 aromatic rings. The minimum atomic E-state index is -0.0651. The van der Waals surface area contributed by atoms with E-state index in [1.54, 1.807) is 0 Å². The van der Waals surface area contributed by atoms with E-state index in [-0.39, 0.29) is 10.8 Å². The zero-order valence-corrected chi connectivity index (χ0v) is 22.4. The summed E-state index contributed by atoms with van der Waals surface area (Å²) in [6.45, 7) is 9.51. The number of fused-ring (bicyclic) bond motifs is 7. The molecule has 182 valence electrons. The van der Waals surface area contributed by atoms with Crippen molar-refractivity contribution in [1.82, 2.24) is 0 Å². The molecule has 8 rings (SSSR count). The smallest absolute Gasteiger partial charge is 0.0159 e. The van der Waals surface area contributed by atoms with Crippen molar-refractivity contribution >= 4 is 21.5 Å². The van der Waals surface area contributed by atoms with E-state index < -0.39 is 0 Å². The molecule has 0 atom stereocenters. The third-order valence-corrected chi connectivity index (χ3v) is 9.46. The zero-order chi connectivity index (χ0) is 25.8. The summed E-state index contributed by atoms with van der Waals surface area (Å²) in [5, 5.41) is 5.43. The molecule has 0 radical (unpaired) electrons. The maximum atomic E-state index is 2.48. The Balaban J connectivity index is 1.52. The van der Waals surface area contributed by atoms with Crippen LogP contribution in [0.1, 0.15) is 49.9 Å². The van der Waals surface area contributed by atoms with E-state index in [2.05, 4.69) is 137 Å². The molecule has 0 saturated carbocycles. The van der Waals surface area contributed by atoms with Gasteiger partial charge in [0.15, 0.2) is 0 Å². The van der Waals surface area contributed by atoms with Gasteiger partial charge in [0.1, 0.15) is 0 Å². The normalized spacial score (nSPS) is 15.8. The average molecular weight is 487 g/mol. The predicted octanol–water partition coefficient (Wildman–Crippen LogP) is 10.3. The monoisotopic (exact) mass is 486 g/mol. The maximum absolute atomic E-state index is 2.48. The van der Waals surface area contributed by atoms with Crippen LogP contribution in [-0.4, -0.2) is 0 Å². The van der Waals surface area contributed by atoms with E-state index in [0.29, 0.717) is 0 Å². The molecule has 2 aliphatic carbocycles. The third kappa shape index (κ3) is 2.60. The van der Waals surface area contributed by atoms with E-state index in [4.69, 9.17) is 0 Å². The standard InChI is InChI=1S/C38H30/c1-37(2)31-18-10-8-15-28(31)35-27-14-6-5-13-26(27)34(29-16-11-19-32(37)36(29)35)23-20-21-25-24-12-7-9-17-30(24)38(3,4)33(25)22-23/h5-22H,1-4H3. The summed E-state index contributed by atoms with van der Waals surface area (Å²) in [5.41, 5.74) is 13.8. The SMILES string of the molecule is CC1(C)c2ccccc2-c2ccc(-c3c4ccccc4c4c5c(cccc35)C(C)(C)c3ccccc3-4)cc21. The van der Waals surface area contributed by atoms with Crippen molar-refractivity contribution in [3.8, 4) is 33.4 Å². The first-order valence-electron chi connectivity index (χ1n) is 13.7. The first-order chi connectivity index (χ1) is 18.4. The summed E-state index contributed by atoms with van der Waals surface area (Å²) in [4.78, 5) is 0. The van der Waals surface area contributed by atoms with Crippen LogP contribution < -0.4 is 0 Å². The Morgan fingerprint density at radius 2 is 0.921 bits per heavy atom. The predicted molar refractivity (Wildman–Crippen MR) is 162 cm³/mol. The van der Waals surface area contributed by atoms with Crippen LogP contribution in [0.4, 0.5) is 0 Å². The highest BCUT2D eigenvalue weighted by Crippen LogP contribution is 2.55. The second-order valence-corrected chi connectivity index (χ2v) is 12.1. The van der Waals surface area contributed by atoms with Gasteiger partial charge in [-0.2, -0.15) is 0 Å². The Bertz CT molecular complexity index is 1970. The van der Waals surface area contributed by atoms with E-state index >= 15 is 0 Å². The molecule has 0 spiro atoms. The van der Waals surface area contributed by atoms with E-state index in [9.17, 15) is 0 Å². The molecule has 0 amide bonds. The zero-order valence-electron chi connectivity index (χ0n) is 22.4. The Kier molecular flexibility index (Phi) is 4.17. The Labute approximate surface area is 224 Å². The summed E-state index contributed by atoms with van der Waals surface area (Å²) in [5.74, 6) is 0. The molecule has 0 nitrogen and oxygen atoms in total. The van der Waals surface area contributed by atoms with Gasteiger partial charge in [0.2, 0.25) is 0 Å². The lowest BCUT2D eigenvalue weighted by atomic mass is 9.67. The van der Waals surface area contributed by atoms with Crippen molar-refractivity contribution in [3.05, 3.63) is 131 Å². The minimum absolute atomic E-state index is 0.0228. The largest absolute Gasteiger partial charge is 0.0619 e. The highest BCUT2D eigenvalue weighted by molar-refractivity contribution is 6.23. The molecule has 0 heterocycles. The van der Waals surface area contributed by atoms with Crippen LogP contribution in [0.3, 0.4) is 0 Å². The van der Waals surface area contributed by atoms with E-state index in [1.807, 2.05) is 0 Å². The number of benzene rings is 6.